The largest absolute Gasteiger partial charge is 0.460 e. The first-order valence-corrected chi connectivity index (χ1v) is 6.61. The van der Waals surface area contributed by atoms with E-state index in [0.717, 1.165) is 42.7 Å². The fraction of sp³-hybridized carbons (Fsp3) is 0.429. The van der Waals surface area contributed by atoms with E-state index in [0.29, 0.717) is 6.04 Å². The van der Waals surface area contributed by atoms with Crippen LogP contribution >= 0.6 is 0 Å². The summed E-state index contributed by atoms with van der Waals surface area (Å²) >= 11 is 0. The van der Waals surface area contributed by atoms with E-state index >= 15 is 0 Å². The molecule has 1 aliphatic rings. The minimum Gasteiger partial charge on any atom is -0.460 e. The number of rotatable bonds is 2. The maximum atomic E-state index is 5.55. The van der Waals surface area contributed by atoms with Crippen molar-refractivity contribution in [3.8, 4) is 11.5 Å². The predicted molar refractivity (Wildman–Crippen MR) is 74.1 cm³/mol. The van der Waals surface area contributed by atoms with E-state index in [1.165, 1.54) is 0 Å². The molecule has 1 aliphatic heterocycles. The van der Waals surface area contributed by atoms with Crippen molar-refractivity contribution < 1.29 is 4.42 Å². The van der Waals surface area contributed by atoms with Gasteiger partial charge in [0.05, 0.1) is 0 Å². The first-order valence-electron chi connectivity index (χ1n) is 6.61. The van der Waals surface area contributed by atoms with Gasteiger partial charge in [-0.05, 0) is 38.1 Å². The molecular formula is C14H18N4O. The Morgan fingerprint density at radius 1 is 1.26 bits per heavy atom. The monoisotopic (exact) mass is 258 g/mol. The summed E-state index contributed by atoms with van der Waals surface area (Å²) in [5.41, 5.74) is 0.778. The highest BCUT2D eigenvalue weighted by Gasteiger charge is 2.17. The molecule has 1 fully saturated rings. The third kappa shape index (κ3) is 2.61. The maximum absolute atomic E-state index is 5.55. The lowest BCUT2D eigenvalue weighted by Gasteiger charge is -2.32. The van der Waals surface area contributed by atoms with Gasteiger partial charge in [-0.2, -0.15) is 0 Å². The summed E-state index contributed by atoms with van der Waals surface area (Å²) in [7, 11) is 0. The van der Waals surface area contributed by atoms with Gasteiger partial charge in [0.1, 0.15) is 11.5 Å². The number of hydrogen-bond acceptors (Lipinski definition) is 5. The molecule has 1 atom stereocenters. The molecule has 19 heavy (non-hydrogen) atoms. The molecule has 1 N–H and O–H groups in total. The maximum Gasteiger partial charge on any atom is 0.154 e. The van der Waals surface area contributed by atoms with Crippen molar-refractivity contribution in [2.24, 2.45) is 0 Å². The van der Waals surface area contributed by atoms with Crippen molar-refractivity contribution in [2.45, 2.75) is 19.9 Å². The van der Waals surface area contributed by atoms with Crippen molar-refractivity contribution in [1.82, 2.24) is 15.5 Å². The number of aromatic nitrogens is 2. The molecule has 0 saturated carbocycles. The smallest absolute Gasteiger partial charge is 0.154 e. The standard InChI is InChI=1S/C14H18N4O/c1-10-9-18(8-7-15-10)14-6-4-12(16-17-14)13-5-3-11(2)19-13/h3-6,10,15H,7-9H2,1-2H3. The lowest BCUT2D eigenvalue weighted by molar-refractivity contribution is 0.481. The molecule has 1 saturated heterocycles. The summed E-state index contributed by atoms with van der Waals surface area (Å²) in [6.45, 7) is 7.03. The van der Waals surface area contributed by atoms with Crippen molar-refractivity contribution in [3.05, 3.63) is 30.0 Å². The Hall–Kier alpha value is -1.88. The molecule has 2 aromatic heterocycles. The van der Waals surface area contributed by atoms with Crippen LogP contribution in [-0.2, 0) is 0 Å². The number of nitrogens with one attached hydrogen (secondary N) is 1. The second-order valence-electron chi connectivity index (χ2n) is 4.99. The van der Waals surface area contributed by atoms with Crippen LogP contribution < -0.4 is 10.2 Å². The molecule has 0 amide bonds. The van der Waals surface area contributed by atoms with E-state index in [9.17, 15) is 0 Å². The molecule has 100 valence electrons. The van der Waals surface area contributed by atoms with Crippen LogP contribution in [0.2, 0.25) is 0 Å². The summed E-state index contributed by atoms with van der Waals surface area (Å²) in [5, 5.41) is 12.0. The van der Waals surface area contributed by atoms with Gasteiger partial charge < -0.3 is 14.6 Å². The molecule has 0 radical (unpaired) electrons. The summed E-state index contributed by atoms with van der Waals surface area (Å²) < 4.78 is 5.55. The molecule has 3 heterocycles. The Morgan fingerprint density at radius 2 is 2.16 bits per heavy atom. The second kappa shape index (κ2) is 5.01. The van der Waals surface area contributed by atoms with Crippen molar-refractivity contribution >= 4 is 5.82 Å². The average Bonchev–Trinajstić information content (AvgIpc) is 2.86. The predicted octanol–water partition coefficient (Wildman–Crippen LogP) is 1.84. The average molecular weight is 258 g/mol. The highest BCUT2D eigenvalue weighted by atomic mass is 16.3. The van der Waals surface area contributed by atoms with Gasteiger partial charge in [0.15, 0.2) is 11.6 Å². The van der Waals surface area contributed by atoms with E-state index in [1.807, 2.05) is 31.2 Å². The zero-order chi connectivity index (χ0) is 13.2. The van der Waals surface area contributed by atoms with Crippen LogP contribution in [0.25, 0.3) is 11.5 Å². The number of furan rings is 1. The van der Waals surface area contributed by atoms with Crippen LogP contribution in [0.15, 0.2) is 28.7 Å². The van der Waals surface area contributed by atoms with E-state index in [-0.39, 0.29) is 0 Å². The molecule has 0 bridgehead atoms. The van der Waals surface area contributed by atoms with E-state index in [4.69, 9.17) is 4.42 Å². The van der Waals surface area contributed by atoms with Gasteiger partial charge in [-0.25, -0.2) is 0 Å². The minimum atomic E-state index is 0.489. The fourth-order valence-electron chi connectivity index (χ4n) is 2.34. The summed E-state index contributed by atoms with van der Waals surface area (Å²) in [5.74, 6) is 2.59. The molecule has 0 spiro atoms. The van der Waals surface area contributed by atoms with Gasteiger partial charge in [0, 0.05) is 25.7 Å². The number of piperazine rings is 1. The Bertz CT molecular complexity index is 549. The van der Waals surface area contributed by atoms with Gasteiger partial charge in [-0.1, -0.05) is 0 Å². The molecule has 0 aliphatic carbocycles. The van der Waals surface area contributed by atoms with Crippen molar-refractivity contribution in [3.63, 3.8) is 0 Å². The molecule has 1 unspecified atom stereocenters. The molecule has 5 heteroatoms. The fourth-order valence-corrected chi connectivity index (χ4v) is 2.34. The Balaban J connectivity index is 1.78. The summed E-state index contributed by atoms with van der Waals surface area (Å²) in [6, 6.07) is 8.32. The Labute approximate surface area is 112 Å². The number of anilines is 1. The highest BCUT2D eigenvalue weighted by Crippen LogP contribution is 2.21. The van der Waals surface area contributed by atoms with Gasteiger partial charge in [0.25, 0.3) is 0 Å². The van der Waals surface area contributed by atoms with Crippen LogP contribution in [0.5, 0.6) is 0 Å². The zero-order valence-corrected chi connectivity index (χ0v) is 11.3. The minimum absolute atomic E-state index is 0.489. The Morgan fingerprint density at radius 3 is 2.79 bits per heavy atom. The van der Waals surface area contributed by atoms with Crippen LogP contribution in [-0.4, -0.2) is 35.9 Å². The first-order chi connectivity index (χ1) is 9.22. The highest BCUT2D eigenvalue weighted by molar-refractivity contribution is 5.53. The van der Waals surface area contributed by atoms with Gasteiger partial charge in [-0.15, -0.1) is 10.2 Å². The quantitative estimate of drug-likeness (QED) is 0.890. The topological polar surface area (TPSA) is 54.2 Å². The first kappa shape index (κ1) is 12.2. The lowest BCUT2D eigenvalue weighted by Crippen LogP contribution is -2.49. The zero-order valence-electron chi connectivity index (χ0n) is 11.3. The van der Waals surface area contributed by atoms with Crippen LogP contribution in [0, 0.1) is 6.92 Å². The number of nitrogens with zero attached hydrogens (tertiary/aromatic N) is 3. The summed E-state index contributed by atoms with van der Waals surface area (Å²) in [4.78, 5) is 2.26. The normalized spacial score (nSPS) is 19.7. The second-order valence-corrected chi connectivity index (χ2v) is 4.99. The SMILES string of the molecule is Cc1ccc(-c2ccc(N3CCNC(C)C3)nn2)o1. The van der Waals surface area contributed by atoms with E-state index in [1.54, 1.807) is 0 Å². The van der Waals surface area contributed by atoms with Crippen molar-refractivity contribution in [2.75, 3.05) is 24.5 Å². The molecule has 3 rings (SSSR count). The third-order valence-corrected chi connectivity index (χ3v) is 3.34. The van der Waals surface area contributed by atoms with Crippen LogP contribution in [0.4, 0.5) is 5.82 Å². The van der Waals surface area contributed by atoms with E-state index < -0.39 is 0 Å². The Kier molecular flexibility index (Phi) is 3.21. The molecule has 0 aromatic carbocycles. The lowest BCUT2D eigenvalue weighted by atomic mass is 10.2. The van der Waals surface area contributed by atoms with Gasteiger partial charge in [-0.3, -0.25) is 0 Å². The van der Waals surface area contributed by atoms with Gasteiger partial charge in [0.2, 0.25) is 0 Å². The summed E-state index contributed by atoms with van der Waals surface area (Å²) in [6.07, 6.45) is 0. The third-order valence-electron chi connectivity index (χ3n) is 3.34. The molecule has 5 nitrogen and oxygen atoms in total. The number of aryl methyl sites for hydroxylation is 1. The van der Waals surface area contributed by atoms with Crippen LogP contribution in [0.3, 0.4) is 0 Å². The van der Waals surface area contributed by atoms with E-state index in [2.05, 4.69) is 27.3 Å². The van der Waals surface area contributed by atoms with Crippen LogP contribution in [0.1, 0.15) is 12.7 Å². The van der Waals surface area contributed by atoms with Crippen molar-refractivity contribution in [1.29, 1.82) is 0 Å². The molecule has 2 aromatic rings. The van der Waals surface area contributed by atoms with Gasteiger partial charge >= 0.3 is 0 Å². The molecular weight excluding hydrogens is 240 g/mol. The number of hydrogen-bond donors (Lipinski definition) is 1.